The number of halogens is 2. The first-order chi connectivity index (χ1) is 13.0. The van der Waals surface area contributed by atoms with Gasteiger partial charge in [-0.05, 0) is 30.3 Å². The molecule has 7 nitrogen and oxygen atoms in total. The van der Waals surface area contributed by atoms with Crippen LogP contribution in [-0.4, -0.2) is 25.3 Å². The Labute approximate surface area is 166 Å². The molecular weight excluding hydrogens is 434 g/mol. The minimum atomic E-state index is -0.528. The van der Waals surface area contributed by atoms with Gasteiger partial charge in [0.05, 0.1) is 22.5 Å². The molecule has 0 saturated carbocycles. The van der Waals surface area contributed by atoms with Crippen molar-refractivity contribution in [2.24, 2.45) is 0 Å². The molecule has 4 aromatic rings. The summed E-state index contributed by atoms with van der Waals surface area (Å²) in [6.07, 6.45) is 2.67. The van der Waals surface area contributed by atoms with Crippen LogP contribution in [0.25, 0.3) is 16.7 Å². The Morgan fingerprint density at radius 3 is 2.70 bits per heavy atom. The van der Waals surface area contributed by atoms with Crippen LogP contribution in [0.1, 0.15) is 10.4 Å². The summed E-state index contributed by atoms with van der Waals surface area (Å²) in [5, 5.41) is 4.78. The third-order valence-corrected chi connectivity index (χ3v) is 4.71. The topological polar surface area (TPSA) is 81.8 Å². The molecule has 0 unspecified atom stereocenters. The molecule has 0 saturated heterocycles. The van der Waals surface area contributed by atoms with E-state index >= 15 is 0 Å². The first kappa shape index (κ1) is 17.4. The third-order valence-electron chi connectivity index (χ3n) is 3.88. The monoisotopic (exact) mass is 443 g/mol. The van der Waals surface area contributed by atoms with Crippen LogP contribution in [0, 0.1) is 0 Å². The van der Waals surface area contributed by atoms with Gasteiger partial charge in [0.2, 0.25) is 0 Å². The van der Waals surface area contributed by atoms with Crippen molar-refractivity contribution in [1.82, 2.24) is 19.4 Å². The maximum absolute atomic E-state index is 12.7. The van der Waals surface area contributed by atoms with Gasteiger partial charge in [0.1, 0.15) is 11.7 Å². The minimum absolute atomic E-state index is 0.234. The zero-order valence-corrected chi connectivity index (χ0v) is 16.0. The number of amides is 1. The van der Waals surface area contributed by atoms with E-state index in [2.05, 4.69) is 31.4 Å². The van der Waals surface area contributed by atoms with Gasteiger partial charge in [0.15, 0.2) is 5.65 Å². The minimum Gasteiger partial charge on any atom is -0.267 e. The molecule has 4 rings (SSSR count). The number of carbonyl (C=O) groups is 1. The molecule has 0 radical (unpaired) electrons. The number of para-hydroxylation sites is 1. The van der Waals surface area contributed by atoms with Crippen LogP contribution < -0.4 is 11.0 Å². The molecule has 0 aliphatic rings. The second-order valence-corrected chi connectivity index (χ2v) is 6.94. The molecule has 2 aromatic heterocycles. The molecule has 9 heteroatoms. The fraction of sp³-hybridized carbons (Fsp3) is 0. The van der Waals surface area contributed by atoms with Crippen molar-refractivity contribution in [3.05, 3.63) is 86.5 Å². The summed E-state index contributed by atoms with van der Waals surface area (Å²) in [6, 6.07) is 14.2. The molecule has 0 aliphatic carbocycles. The van der Waals surface area contributed by atoms with Crippen molar-refractivity contribution < 1.29 is 4.79 Å². The van der Waals surface area contributed by atoms with Crippen LogP contribution in [0.2, 0.25) is 5.02 Å². The van der Waals surface area contributed by atoms with Gasteiger partial charge in [0.25, 0.3) is 11.5 Å². The highest BCUT2D eigenvalue weighted by Crippen LogP contribution is 2.21. The van der Waals surface area contributed by atoms with Gasteiger partial charge in [-0.25, -0.2) is 14.3 Å². The fourth-order valence-corrected chi connectivity index (χ4v) is 3.16. The molecule has 0 atom stereocenters. The van der Waals surface area contributed by atoms with Crippen molar-refractivity contribution in [1.29, 1.82) is 0 Å². The Bertz CT molecular complexity index is 1220. The number of fused-ring (bicyclic) bond motifs is 1. The average molecular weight is 445 g/mol. The third kappa shape index (κ3) is 3.24. The maximum atomic E-state index is 12.7. The smallest absolute Gasteiger partial charge is 0.267 e. The summed E-state index contributed by atoms with van der Waals surface area (Å²) in [5.41, 5.74) is 3.47. The molecule has 1 amide bonds. The SMILES string of the molecule is O=C(Nn1cnc2c(cnn2-c2ccccc2)c1=O)c1cc(Br)ccc1Cl. The first-order valence-electron chi connectivity index (χ1n) is 7.82. The first-order valence-corrected chi connectivity index (χ1v) is 8.99. The Morgan fingerprint density at radius 1 is 1.15 bits per heavy atom. The molecule has 0 spiro atoms. The lowest BCUT2D eigenvalue weighted by Crippen LogP contribution is -2.33. The van der Waals surface area contributed by atoms with E-state index in [4.69, 9.17) is 11.6 Å². The number of aromatic nitrogens is 4. The molecule has 2 aromatic carbocycles. The Hall–Kier alpha value is -2.97. The normalized spacial score (nSPS) is 10.9. The second kappa shape index (κ2) is 6.98. The number of nitrogens with zero attached hydrogens (tertiary/aromatic N) is 4. The lowest BCUT2D eigenvalue weighted by atomic mass is 10.2. The summed E-state index contributed by atoms with van der Waals surface area (Å²) in [5.74, 6) is -0.528. The molecule has 27 heavy (non-hydrogen) atoms. The van der Waals surface area contributed by atoms with Crippen LogP contribution in [0.4, 0.5) is 0 Å². The van der Waals surface area contributed by atoms with Crippen LogP contribution in [0.3, 0.4) is 0 Å². The van der Waals surface area contributed by atoms with Crippen molar-refractivity contribution in [3.8, 4) is 5.69 Å². The van der Waals surface area contributed by atoms with E-state index in [1.165, 1.54) is 12.5 Å². The zero-order valence-electron chi connectivity index (χ0n) is 13.6. The predicted octanol–water partition coefficient (Wildman–Crippen LogP) is 3.38. The molecule has 1 N–H and O–H groups in total. The fourth-order valence-electron chi connectivity index (χ4n) is 2.59. The largest absolute Gasteiger partial charge is 0.283 e. The highest BCUT2D eigenvalue weighted by atomic mass is 79.9. The number of hydrogen-bond donors (Lipinski definition) is 1. The van der Waals surface area contributed by atoms with E-state index in [-0.39, 0.29) is 16.0 Å². The van der Waals surface area contributed by atoms with E-state index in [9.17, 15) is 9.59 Å². The van der Waals surface area contributed by atoms with Crippen molar-refractivity contribution in [3.63, 3.8) is 0 Å². The summed E-state index contributed by atoms with van der Waals surface area (Å²) in [6.45, 7) is 0. The van der Waals surface area contributed by atoms with Gasteiger partial charge in [-0.2, -0.15) is 5.10 Å². The van der Waals surface area contributed by atoms with Gasteiger partial charge >= 0.3 is 0 Å². The Morgan fingerprint density at radius 2 is 1.93 bits per heavy atom. The van der Waals surface area contributed by atoms with Crippen molar-refractivity contribution in [2.45, 2.75) is 0 Å². The summed E-state index contributed by atoms with van der Waals surface area (Å²) in [7, 11) is 0. The van der Waals surface area contributed by atoms with E-state index in [0.717, 1.165) is 10.4 Å². The van der Waals surface area contributed by atoms with Crippen LogP contribution >= 0.6 is 27.5 Å². The molecule has 134 valence electrons. The predicted molar refractivity (Wildman–Crippen MR) is 106 cm³/mol. The lowest BCUT2D eigenvalue weighted by molar-refractivity contribution is 0.101. The number of rotatable bonds is 3. The summed E-state index contributed by atoms with van der Waals surface area (Å²) >= 11 is 9.36. The second-order valence-electron chi connectivity index (χ2n) is 5.61. The molecule has 0 fully saturated rings. The number of benzene rings is 2. The average Bonchev–Trinajstić information content (AvgIpc) is 3.11. The molecular formula is C18H11BrClN5O2. The standard InChI is InChI=1S/C18H11BrClN5O2/c19-11-6-7-15(20)13(8-11)17(26)23-24-10-21-16-14(18(24)27)9-22-25(16)12-4-2-1-3-5-12/h1-10H,(H,23,26). The van der Waals surface area contributed by atoms with Crippen LogP contribution in [0.15, 0.2) is 70.3 Å². The van der Waals surface area contributed by atoms with Crippen LogP contribution in [-0.2, 0) is 0 Å². The Balaban J connectivity index is 1.72. The van der Waals surface area contributed by atoms with Gasteiger partial charge in [0, 0.05) is 4.47 Å². The maximum Gasteiger partial charge on any atom is 0.283 e. The quantitative estimate of drug-likeness (QED) is 0.525. The van der Waals surface area contributed by atoms with Gasteiger partial charge in [-0.15, -0.1) is 0 Å². The van der Waals surface area contributed by atoms with Crippen molar-refractivity contribution in [2.75, 3.05) is 5.43 Å². The molecule has 0 bridgehead atoms. The lowest BCUT2D eigenvalue weighted by Gasteiger charge is -2.09. The zero-order chi connectivity index (χ0) is 19.0. The van der Waals surface area contributed by atoms with E-state index in [1.807, 2.05) is 30.3 Å². The highest BCUT2D eigenvalue weighted by molar-refractivity contribution is 9.10. The van der Waals surface area contributed by atoms with Crippen LogP contribution in [0.5, 0.6) is 0 Å². The Kier molecular flexibility index (Phi) is 4.51. The van der Waals surface area contributed by atoms with Gasteiger partial charge in [-0.1, -0.05) is 45.7 Å². The molecule has 0 aliphatic heterocycles. The van der Waals surface area contributed by atoms with E-state index in [1.54, 1.807) is 22.9 Å². The molecule has 2 heterocycles. The summed E-state index contributed by atoms with van der Waals surface area (Å²) in [4.78, 5) is 29.5. The number of hydrogen-bond acceptors (Lipinski definition) is 4. The number of carbonyl (C=O) groups excluding carboxylic acids is 1. The number of nitrogens with one attached hydrogen (secondary N) is 1. The van der Waals surface area contributed by atoms with Gasteiger partial charge in [-0.3, -0.25) is 15.0 Å². The summed E-state index contributed by atoms with van der Waals surface area (Å²) < 4.78 is 3.27. The van der Waals surface area contributed by atoms with Gasteiger partial charge < -0.3 is 0 Å². The van der Waals surface area contributed by atoms with Crippen molar-refractivity contribution >= 4 is 44.5 Å². The highest BCUT2D eigenvalue weighted by Gasteiger charge is 2.15. The van der Waals surface area contributed by atoms with E-state index < -0.39 is 11.5 Å². The van der Waals surface area contributed by atoms with E-state index in [0.29, 0.717) is 10.1 Å².